The Morgan fingerprint density at radius 2 is 2.33 bits per heavy atom. The molecule has 0 aromatic carbocycles. The first kappa shape index (κ1) is 9.15. The Balaban J connectivity index is 2.71. The Morgan fingerprint density at radius 3 is 2.83 bits per heavy atom. The largest absolute Gasteiger partial charge is 0.264 e. The third-order valence-corrected chi connectivity index (χ3v) is 1.70. The molecule has 0 amide bonds. The predicted octanol–water partition coefficient (Wildman–Crippen LogP) is 0.525. The lowest BCUT2D eigenvalue weighted by Crippen LogP contribution is -1.99. The molecule has 5 heteroatoms. The van der Waals surface area contributed by atoms with E-state index in [1.54, 1.807) is 25.3 Å². The average Bonchev–Trinajstić information content (AvgIpc) is 2.05. The number of hydrogen-bond donors (Lipinski definition) is 1. The molecule has 0 N–H and O–H groups in total. The summed E-state index contributed by atoms with van der Waals surface area (Å²) in [5.41, 5.74) is 0.664. The molecule has 12 heavy (non-hydrogen) atoms. The molecule has 0 saturated carbocycles. The van der Waals surface area contributed by atoms with Crippen LogP contribution in [0.1, 0.15) is 12.5 Å². The van der Waals surface area contributed by atoms with E-state index in [1.807, 2.05) is 0 Å². The van der Waals surface area contributed by atoms with Crippen LogP contribution in [0.3, 0.4) is 0 Å². The van der Waals surface area contributed by atoms with Crippen LogP contribution < -0.4 is 0 Å². The summed E-state index contributed by atoms with van der Waals surface area (Å²) in [6.07, 6.45) is 3.47. The predicted molar refractivity (Wildman–Crippen MR) is 43.7 cm³/mol. The maximum Gasteiger partial charge on any atom is 0.258 e. The summed E-state index contributed by atoms with van der Waals surface area (Å²) in [6.45, 7) is 1.57. The van der Waals surface area contributed by atoms with Crippen molar-refractivity contribution < 1.29 is 12.6 Å². The normalized spacial score (nSPS) is 10.9. The number of hydrogen-bond acceptors (Lipinski definition) is 4. The second kappa shape index (κ2) is 4.18. The SMILES string of the molecule is C[C](O[SH](=O)=O)c1cccnc1. The molecular formula is C7H8NO3S. The fourth-order valence-corrected chi connectivity index (χ4v) is 1.06. The number of aromatic nitrogens is 1. The van der Waals surface area contributed by atoms with Crippen LogP contribution in [0.15, 0.2) is 24.5 Å². The van der Waals surface area contributed by atoms with Gasteiger partial charge in [-0.25, -0.2) is 8.42 Å². The fraction of sp³-hybridized carbons (Fsp3) is 0.143. The van der Waals surface area contributed by atoms with Crippen molar-refractivity contribution in [3.05, 3.63) is 36.2 Å². The number of rotatable bonds is 3. The van der Waals surface area contributed by atoms with Gasteiger partial charge in [0.25, 0.3) is 11.0 Å². The van der Waals surface area contributed by atoms with E-state index in [-0.39, 0.29) is 0 Å². The summed E-state index contributed by atoms with van der Waals surface area (Å²) < 4.78 is 24.8. The molecule has 0 fully saturated rings. The van der Waals surface area contributed by atoms with Crippen LogP contribution in [0.5, 0.6) is 0 Å². The zero-order valence-corrected chi connectivity index (χ0v) is 7.32. The number of thiol groups is 1. The van der Waals surface area contributed by atoms with Gasteiger partial charge in [0.05, 0.1) is 0 Å². The molecule has 0 bridgehead atoms. The van der Waals surface area contributed by atoms with Crippen molar-refractivity contribution in [2.24, 2.45) is 0 Å². The molecule has 1 aromatic heterocycles. The monoisotopic (exact) mass is 186 g/mol. The Kier molecular flexibility index (Phi) is 3.19. The summed E-state index contributed by atoms with van der Waals surface area (Å²) in [4.78, 5) is 3.82. The number of nitrogens with zero attached hydrogens (tertiary/aromatic N) is 1. The summed E-state index contributed by atoms with van der Waals surface area (Å²) in [5.74, 6) is 0. The minimum absolute atomic E-state index is 0.333. The molecule has 4 nitrogen and oxygen atoms in total. The topological polar surface area (TPSA) is 56.3 Å². The fourth-order valence-electron chi connectivity index (χ4n) is 0.736. The van der Waals surface area contributed by atoms with E-state index in [9.17, 15) is 8.42 Å². The van der Waals surface area contributed by atoms with Crippen LogP contribution in [0.25, 0.3) is 0 Å². The second-order valence-electron chi connectivity index (χ2n) is 2.11. The zero-order valence-electron chi connectivity index (χ0n) is 6.43. The van der Waals surface area contributed by atoms with Gasteiger partial charge in [0, 0.05) is 18.0 Å². The lowest BCUT2D eigenvalue weighted by molar-refractivity contribution is 0.372. The average molecular weight is 186 g/mol. The van der Waals surface area contributed by atoms with E-state index in [0.717, 1.165) is 0 Å². The second-order valence-corrected chi connectivity index (χ2v) is 2.74. The van der Waals surface area contributed by atoms with Gasteiger partial charge in [-0.15, -0.1) is 0 Å². The van der Waals surface area contributed by atoms with Gasteiger partial charge >= 0.3 is 0 Å². The molecule has 0 unspecified atom stereocenters. The van der Waals surface area contributed by atoms with Gasteiger partial charge in [-0.05, 0) is 13.0 Å². The molecule has 0 aliphatic carbocycles. The van der Waals surface area contributed by atoms with Crippen LogP contribution >= 0.6 is 0 Å². The van der Waals surface area contributed by atoms with E-state index in [2.05, 4.69) is 9.17 Å². The van der Waals surface area contributed by atoms with Gasteiger partial charge < -0.3 is 0 Å². The van der Waals surface area contributed by atoms with Crippen molar-refractivity contribution in [3.8, 4) is 0 Å². The molecule has 0 aliphatic heterocycles. The van der Waals surface area contributed by atoms with Gasteiger partial charge in [-0.1, -0.05) is 6.07 Å². The van der Waals surface area contributed by atoms with Gasteiger partial charge in [0.1, 0.15) is 6.10 Å². The van der Waals surface area contributed by atoms with E-state index >= 15 is 0 Å². The van der Waals surface area contributed by atoms with Crippen molar-refractivity contribution in [1.29, 1.82) is 0 Å². The molecule has 1 heterocycles. The van der Waals surface area contributed by atoms with Crippen molar-refractivity contribution in [2.75, 3.05) is 0 Å². The molecule has 0 atom stereocenters. The van der Waals surface area contributed by atoms with E-state index in [4.69, 9.17) is 0 Å². The molecule has 65 valence electrons. The van der Waals surface area contributed by atoms with Crippen LogP contribution in [0.4, 0.5) is 0 Å². The van der Waals surface area contributed by atoms with Crippen LogP contribution in [-0.4, -0.2) is 13.4 Å². The van der Waals surface area contributed by atoms with Gasteiger partial charge in [0.15, 0.2) is 0 Å². The molecule has 0 spiro atoms. The standard InChI is InChI=1S/C7H8NO3S/c1-6(11-12(9)10)7-3-2-4-8-5-7/h2-5,12H,1H3. The van der Waals surface area contributed by atoms with E-state index in [0.29, 0.717) is 11.7 Å². The summed E-state index contributed by atoms with van der Waals surface area (Å²) in [6, 6.07) is 3.43. The third-order valence-electron chi connectivity index (χ3n) is 1.28. The van der Waals surface area contributed by atoms with Crippen LogP contribution in [-0.2, 0) is 15.2 Å². The third kappa shape index (κ3) is 2.60. The van der Waals surface area contributed by atoms with Crippen LogP contribution in [0.2, 0.25) is 0 Å². The lowest BCUT2D eigenvalue weighted by Gasteiger charge is -2.04. The Hall–Kier alpha value is -0.940. The first-order valence-electron chi connectivity index (χ1n) is 3.26. The Labute approximate surface area is 72.4 Å². The summed E-state index contributed by atoms with van der Waals surface area (Å²) in [7, 11) is -2.83. The first-order valence-corrected chi connectivity index (χ1v) is 4.36. The summed E-state index contributed by atoms with van der Waals surface area (Å²) >= 11 is 0. The molecule has 0 saturated heterocycles. The van der Waals surface area contributed by atoms with Crippen molar-refractivity contribution >= 4 is 11.0 Å². The van der Waals surface area contributed by atoms with Crippen molar-refractivity contribution in [1.82, 2.24) is 4.98 Å². The highest BCUT2D eigenvalue weighted by Crippen LogP contribution is 2.12. The summed E-state index contributed by atoms with van der Waals surface area (Å²) in [5, 5.41) is 0. The minimum atomic E-state index is -2.83. The molecular weight excluding hydrogens is 178 g/mol. The maximum absolute atomic E-state index is 10.2. The van der Waals surface area contributed by atoms with Crippen LogP contribution in [0, 0.1) is 6.10 Å². The van der Waals surface area contributed by atoms with Gasteiger partial charge in [-0.2, -0.15) is 0 Å². The Bertz CT molecular complexity index is 302. The van der Waals surface area contributed by atoms with Crippen molar-refractivity contribution in [2.45, 2.75) is 6.92 Å². The lowest BCUT2D eigenvalue weighted by atomic mass is 10.2. The highest BCUT2D eigenvalue weighted by molar-refractivity contribution is 7.67. The molecule has 1 aromatic rings. The first-order chi connectivity index (χ1) is 5.70. The highest BCUT2D eigenvalue weighted by Gasteiger charge is 2.07. The smallest absolute Gasteiger partial charge is 0.258 e. The molecule has 0 aliphatic rings. The highest BCUT2D eigenvalue weighted by atomic mass is 32.2. The number of pyridine rings is 1. The van der Waals surface area contributed by atoms with E-state index < -0.39 is 11.0 Å². The Morgan fingerprint density at radius 1 is 1.58 bits per heavy atom. The quantitative estimate of drug-likeness (QED) is 0.699. The van der Waals surface area contributed by atoms with Gasteiger partial charge in [0.2, 0.25) is 0 Å². The zero-order chi connectivity index (χ0) is 8.97. The van der Waals surface area contributed by atoms with E-state index in [1.165, 1.54) is 6.20 Å². The van der Waals surface area contributed by atoms with Gasteiger partial charge in [-0.3, -0.25) is 9.17 Å². The van der Waals surface area contributed by atoms with Crippen molar-refractivity contribution in [3.63, 3.8) is 0 Å². The molecule has 1 rings (SSSR count). The maximum atomic E-state index is 10.2. The molecule has 1 radical (unpaired) electrons. The minimum Gasteiger partial charge on any atom is -0.264 e.